The minimum absolute atomic E-state index is 0. The van der Waals surface area contributed by atoms with Crippen molar-refractivity contribution >= 4 is 39.7 Å². The van der Waals surface area contributed by atoms with Gasteiger partial charge in [-0.25, -0.2) is 8.42 Å². The van der Waals surface area contributed by atoms with Gasteiger partial charge in [0.05, 0.1) is 9.95 Å². The van der Waals surface area contributed by atoms with Crippen LogP contribution >= 0.6 is 24.0 Å². The van der Waals surface area contributed by atoms with Crippen LogP contribution in [0.3, 0.4) is 0 Å². The van der Waals surface area contributed by atoms with Crippen molar-refractivity contribution in [1.82, 2.24) is 9.62 Å². The first kappa shape index (κ1) is 20.1. The number of benzene rings is 1. The molecule has 10 heteroatoms. The lowest BCUT2D eigenvalue weighted by Gasteiger charge is -2.27. The number of hydrogen-bond acceptors (Lipinski definition) is 5. The molecule has 1 N–H and O–H groups in total. The summed E-state index contributed by atoms with van der Waals surface area (Å²) in [6, 6.07) is 3.69. The Morgan fingerprint density at radius 2 is 2.17 bits per heavy atom. The molecule has 1 aliphatic heterocycles. The maximum atomic E-state index is 13.0. The van der Waals surface area contributed by atoms with Crippen LogP contribution in [0.15, 0.2) is 23.1 Å². The molecule has 0 bridgehead atoms. The van der Waals surface area contributed by atoms with E-state index in [0.29, 0.717) is 25.9 Å². The Morgan fingerprint density at radius 1 is 1.48 bits per heavy atom. The van der Waals surface area contributed by atoms with Crippen LogP contribution in [0.25, 0.3) is 0 Å². The molecular weight excluding hydrogens is 365 g/mol. The molecule has 1 fully saturated rings. The van der Waals surface area contributed by atoms with Gasteiger partial charge in [0.15, 0.2) is 4.90 Å². The first-order valence-electron chi connectivity index (χ1n) is 7.05. The summed E-state index contributed by atoms with van der Waals surface area (Å²) in [4.78, 5) is 10.0. The third-order valence-electron chi connectivity index (χ3n) is 3.60. The maximum absolute atomic E-state index is 13.0. The molecule has 2 rings (SSSR count). The molecule has 1 atom stereocenters. The van der Waals surface area contributed by atoms with Crippen LogP contribution in [0, 0.1) is 10.1 Å². The maximum Gasteiger partial charge on any atom is 0.290 e. The summed E-state index contributed by atoms with van der Waals surface area (Å²) >= 11 is 5.98. The van der Waals surface area contributed by atoms with Gasteiger partial charge in [0.1, 0.15) is 0 Å². The predicted molar refractivity (Wildman–Crippen MR) is 90.8 cm³/mol. The number of nitrogens with one attached hydrogen (secondary N) is 1. The van der Waals surface area contributed by atoms with Crippen molar-refractivity contribution in [3.05, 3.63) is 33.3 Å². The lowest BCUT2D eigenvalue weighted by molar-refractivity contribution is -0.387. The van der Waals surface area contributed by atoms with Crippen molar-refractivity contribution in [2.45, 2.75) is 30.7 Å². The second-order valence-corrected chi connectivity index (χ2v) is 7.34. The van der Waals surface area contributed by atoms with Crippen LogP contribution in [0.1, 0.15) is 19.8 Å². The summed E-state index contributed by atoms with van der Waals surface area (Å²) in [5, 5.41) is 14.2. The highest BCUT2D eigenvalue weighted by atomic mass is 35.5. The number of sulfonamides is 1. The van der Waals surface area contributed by atoms with E-state index in [1.807, 2.05) is 6.92 Å². The molecular formula is C13H19Cl2N3O4S. The lowest BCUT2D eigenvalue weighted by atomic mass is 10.2. The molecule has 1 aromatic rings. The average Bonchev–Trinajstić information content (AvgIpc) is 2.97. The molecule has 1 unspecified atom stereocenters. The van der Waals surface area contributed by atoms with E-state index in [-0.39, 0.29) is 23.5 Å². The van der Waals surface area contributed by atoms with Crippen molar-refractivity contribution < 1.29 is 13.3 Å². The van der Waals surface area contributed by atoms with Gasteiger partial charge in [-0.15, -0.1) is 12.4 Å². The summed E-state index contributed by atoms with van der Waals surface area (Å²) in [6.45, 7) is 3.44. The van der Waals surface area contributed by atoms with E-state index in [2.05, 4.69) is 5.32 Å². The number of hydrogen-bond donors (Lipinski definition) is 1. The first-order valence-corrected chi connectivity index (χ1v) is 8.86. The van der Waals surface area contributed by atoms with Crippen molar-refractivity contribution in [1.29, 1.82) is 0 Å². The summed E-state index contributed by atoms with van der Waals surface area (Å²) in [5.74, 6) is 0. The number of nitro groups is 1. The molecule has 1 heterocycles. The fourth-order valence-corrected chi connectivity index (χ4v) is 5.03. The second kappa shape index (κ2) is 8.25. The normalized spacial score (nSPS) is 18.0. The molecule has 23 heavy (non-hydrogen) atoms. The third-order valence-corrected chi connectivity index (χ3v) is 6.07. The van der Waals surface area contributed by atoms with E-state index in [0.717, 1.165) is 12.6 Å². The summed E-state index contributed by atoms with van der Waals surface area (Å²) in [5.41, 5.74) is -0.487. The zero-order chi connectivity index (χ0) is 16.3. The number of nitrogens with zero attached hydrogens (tertiary/aromatic N) is 2. The molecule has 0 amide bonds. The smallest absolute Gasteiger partial charge is 0.290 e. The van der Waals surface area contributed by atoms with Crippen LogP contribution in [-0.2, 0) is 10.0 Å². The Morgan fingerprint density at radius 3 is 2.70 bits per heavy atom. The zero-order valence-electron chi connectivity index (χ0n) is 12.6. The molecule has 7 nitrogen and oxygen atoms in total. The molecule has 0 radical (unpaired) electrons. The Hall–Kier alpha value is -0.930. The predicted octanol–water partition coefficient (Wildman–Crippen LogP) is 2.43. The zero-order valence-corrected chi connectivity index (χ0v) is 15.0. The van der Waals surface area contributed by atoms with E-state index in [4.69, 9.17) is 11.6 Å². The fourth-order valence-electron chi connectivity index (χ4n) is 2.62. The highest BCUT2D eigenvalue weighted by Crippen LogP contribution is 2.34. The Kier molecular flexibility index (Phi) is 7.22. The fraction of sp³-hybridized carbons (Fsp3) is 0.538. The highest BCUT2D eigenvalue weighted by Gasteiger charge is 2.38. The number of nitro benzene ring substituents is 1. The van der Waals surface area contributed by atoms with Crippen LogP contribution < -0.4 is 5.32 Å². The van der Waals surface area contributed by atoms with Gasteiger partial charge in [-0.2, -0.15) is 4.31 Å². The van der Waals surface area contributed by atoms with Crippen LogP contribution in [0.4, 0.5) is 5.69 Å². The van der Waals surface area contributed by atoms with Gasteiger partial charge in [-0.3, -0.25) is 10.1 Å². The summed E-state index contributed by atoms with van der Waals surface area (Å²) in [6.07, 6.45) is 1.30. The standard InChI is InChI=1S/C13H18ClN3O4S.ClH/c1-2-8-16(10-6-7-15-9-10)22(20,21)13-11(14)4-3-5-12(13)17(18)19;/h3-5,10,15H,2,6-9H2,1H3;1H. The third kappa shape index (κ3) is 4.13. The monoisotopic (exact) mass is 383 g/mol. The Labute approximate surface area is 146 Å². The molecule has 0 spiro atoms. The summed E-state index contributed by atoms with van der Waals surface area (Å²) < 4.78 is 27.3. The quantitative estimate of drug-likeness (QED) is 0.601. The van der Waals surface area contributed by atoms with Gasteiger partial charge < -0.3 is 5.32 Å². The van der Waals surface area contributed by atoms with Crippen LogP contribution in [-0.4, -0.2) is 43.3 Å². The van der Waals surface area contributed by atoms with Gasteiger partial charge in [0.25, 0.3) is 15.7 Å². The SMILES string of the molecule is CCCN(C1CCNC1)S(=O)(=O)c1c(Cl)cccc1[N+](=O)[O-].Cl. The van der Waals surface area contributed by atoms with Crippen molar-refractivity contribution in [2.75, 3.05) is 19.6 Å². The summed E-state index contributed by atoms with van der Waals surface area (Å²) in [7, 11) is -4.03. The van der Waals surface area contributed by atoms with Crippen molar-refractivity contribution in [3.63, 3.8) is 0 Å². The van der Waals surface area contributed by atoms with Gasteiger partial charge in [0.2, 0.25) is 0 Å². The first-order chi connectivity index (χ1) is 10.4. The van der Waals surface area contributed by atoms with Crippen LogP contribution in [0.2, 0.25) is 5.02 Å². The van der Waals surface area contributed by atoms with Gasteiger partial charge in [-0.1, -0.05) is 24.6 Å². The number of halogens is 2. The van der Waals surface area contributed by atoms with E-state index in [1.54, 1.807) is 0 Å². The molecule has 1 aromatic carbocycles. The molecule has 1 saturated heterocycles. The topological polar surface area (TPSA) is 92.6 Å². The number of rotatable bonds is 6. The molecule has 0 saturated carbocycles. The van der Waals surface area contributed by atoms with E-state index >= 15 is 0 Å². The molecule has 130 valence electrons. The lowest BCUT2D eigenvalue weighted by Crippen LogP contribution is -2.42. The Balaban J connectivity index is 0.00000264. The minimum Gasteiger partial charge on any atom is -0.315 e. The molecule has 0 aliphatic carbocycles. The largest absolute Gasteiger partial charge is 0.315 e. The van der Waals surface area contributed by atoms with Crippen molar-refractivity contribution in [2.24, 2.45) is 0 Å². The van der Waals surface area contributed by atoms with Crippen molar-refractivity contribution in [3.8, 4) is 0 Å². The van der Waals surface area contributed by atoms with Gasteiger partial charge in [0, 0.05) is 25.2 Å². The van der Waals surface area contributed by atoms with E-state index in [1.165, 1.54) is 16.4 Å². The molecule has 0 aromatic heterocycles. The van der Waals surface area contributed by atoms with E-state index in [9.17, 15) is 18.5 Å². The van der Waals surface area contributed by atoms with Gasteiger partial charge in [-0.05, 0) is 25.5 Å². The Bertz CT molecular complexity index is 663. The highest BCUT2D eigenvalue weighted by molar-refractivity contribution is 7.89. The second-order valence-electron chi connectivity index (χ2n) is 5.11. The van der Waals surface area contributed by atoms with Gasteiger partial charge >= 0.3 is 0 Å². The van der Waals surface area contributed by atoms with E-state index < -0.39 is 25.5 Å². The average molecular weight is 384 g/mol. The van der Waals surface area contributed by atoms with Crippen LogP contribution in [0.5, 0.6) is 0 Å². The molecule has 1 aliphatic rings. The minimum atomic E-state index is -4.03.